The molecule has 0 unspecified atom stereocenters. The first-order valence-corrected chi connectivity index (χ1v) is 12.5. The Labute approximate surface area is 214 Å². The minimum absolute atomic E-state index is 0.0103. The number of carbonyl (C=O) groups excluding carboxylic acids is 2. The summed E-state index contributed by atoms with van der Waals surface area (Å²) in [6.45, 7) is 0.550. The molecule has 2 aromatic rings. The highest BCUT2D eigenvalue weighted by Crippen LogP contribution is 2.25. The Kier molecular flexibility index (Phi) is 12.8. The maximum absolute atomic E-state index is 12.3. The lowest BCUT2D eigenvalue weighted by molar-refractivity contribution is -0.137. The monoisotopic (exact) mass is 494 g/mol. The molecule has 0 atom stereocenters. The number of nitrogens with zero attached hydrogens (tertiary/aromatic N) is 1. The molecule has 0 bridgehead atoms. The Morgan fingerprint density at radius 2 is 1.72 bits per heavy atom. The summed E-state index contributed by atoms with van der Waals surface area (Å²) in [7, 11) is 3.38. The maximum atomic E-state index is 12.3. The standard InChI is InChI=1S/C29H38N2O5/c1-31(2)28(33)16-11-15-27(32)30-25-18-19-26(24(22-25)17-20-29(34)35)36-21-10-5-3-4-7-12-23-13-8-6-9-14-23/h6-9,12-14,18-19,22H,3-5,10-11,15-17,20-21H2,1-2H3,(H,30,32)(H,34,35). The molecule has 2 rings (SSSR count). The SMILES string of the molecule is CN(C)C(=O)CCCC(=O)Nc1ccc(OCCCCCC=Cc2ccccc2)c(CCC(=O)O)c1. The Morgan fingerprint density at radius 3 is 2.44 bits per heavy atom. The van der Waals surface area contributed by atoms with E-state index in [-0.39, 0.29) is 24.7 Å². The molecule has 0 aliphatic heterocycles. The molecule has 0 saturated heterocycles. The first-order chi connectivity index (χ1) is 17.3. The normalized spacial score (nSPS) is 10.8. The van der Waals surface area contributed by atoms with E-state index in [1.54, 1.807) is 32.3 Å². The molecule has 0 fully saturated rings. The fourth-order valence-corrected chi connectivity index (χ4v) is 3.59. The number of rotatable bonds is 16. The molecule has 7 nitrogen and oxygen atoms in total. The van der Waals surface area contributed by atoms with Crippen molar-refractivity contribution in [2.45, 2.75) is 57.8 Å². The number of anilines is 1. The summed E-state index contributed by atoms with van der Waals surface area (Å²) in [4.78, 5) is 36.5. The molecule has 194 valence electrons. The van der Waals surface area contributed by atoms with Crippen molar-refractivity contribution in [1.29, 1.82) is 0 Å². The van der Waals surface area contributed by atoms with Crippen molar-refractivity contribution in [3.05, 3.63) is 65.7 Å². The fourth-order valence-electron chi connectivity index (χ4n) is 3.59. The van der Waals surface area contributed by atoms with Gasteiger partial charge in [-0.05, 0) is 67.9 Å². The summed E-state index contributed by atoms with van der Waals surface area (Å²) < 4.78 is 5.95. The van der Waals surface area contributed by atoms with Crippen molar-refractivity contribution < 1.29 is 24.2 Å². The smallest absolute Gasteiger partial charge is 0.303 e. The van der Waals surface area contributed by atoms with Crippen LogP contribution >= 0.6 is 0 Å². The highest BCUT2D eigenvalue weighted by molar-refractivity contribution is 5.91. The molecule has 2 amide bonds. The molecule has 7 heteroatoms. The molecular formula is C29H38N2O5. The molecule has 0 aromatic heterocycles. The van der Waals surface area contributed by atoms with Gasteiger partial charge >= 0.3 is 5.97 Å². The Morgan fingerprint density at radius 1 is 0.944 bits per heavy atom. The molecule has 0 spiro atoms. The largest absolute Gasteiger partial charge is 0.493 e. The molecule has 0 saturated carbocycles. The second-order valence-corrected chi connectivity index (χ2v) is 8.92. The highest BCUT2D eigenvalue weighted by atomic mass is 16.5. The van der Waals surface area contributed by atoms with Crippen molar-refractivity contribution in [2.24, 2.45) is 0 Å². The Balaban J connectivity index is 1.79. The van der Waals surface area contributed by atoms with E-state index in [2.05, 4.69) is 29.6 Å². The number of allylic oxidation sites excluding steroid dienone is 1. The molecule has 0 radical (unpaired) electrons. The first-order valence-electron chi connectivity index (χ1n) is 12.5. The second kappa shape index (κ2) is 16.1. The number of carboxylic acid groups (broad SMARTS) is 1. The predicted molar refractivity (Wildman–Crippen MR) is 143 cm³/mol. The average Bonchev–Trinajstić information content (AvgIpc) is 2.85. The number of carbonyl (C=O) groups is 3. The van der Waals surface area contributed by atoms with Crippen molar-refractivity contribution in [3.63, 3.8) is 0 Å². The first kappa shape index (κ1) is 28.6. The van der Waals surface area contributed by atoms with Gasteiger partial charge in [0.15, 0.2) is 0 Å². The van der Waals surface area contributed by atoms with Gasteiger partial charge in [0.2, 0.25) is 11.8 Å². The molecule has 2 N–H and O–H groups in total. The number of benzene rings is 2. The number of nitrogens with one attached hydrogen (secondary N) is 1. The number of ether oxygens (including phenoxy) is 1. The summed E-state index contributed by atoms with van der Waals surface area (Å²) in [6.07, 6.45) is 9.67. The van der Waals surface area contributed by atoms with Gasteiger partial charge < -0.3 is 20.1 Å². The summed E-state index contributed by atoms with van der Waals surface area (Å²) >= 11 is 0. The average molecular weight is 495 g/mol. The van der Waals surface area contributed by atoms with Crippen molar-refractivity contribution in [3.8, 4) is 5.75 Å². The van der Waals surface area contributed by atoms with E-state index in [0.717, 1.165) is 31.2 Å². The molecular weight excluding hydrogens is 456 g/mol. The maximum Gasteiger partial charge on any atom is 0.303 e. The van der Waals surface area contributed by atoms with Gasteiger partial charge in [-0.25, -0.2) is 0 Å². The van der Waals surface area contributed by atoms with E-state index < -0.39 is 5.97 Å². The van der Waals surface area contributed by atoms with Gasteiger partial charge in [-0.2, -0.15) is 0 Å². The lowest BCUT2D eigenvalue weighted by atomic mass is 10.1. The number of hydrogen-bond acceptors (Lipinski definition) is 4. The predicted octanol–water partition coefficient (Wildman–Crippen LogP) is 5.55. The third-order valence-electron chi connectivity index (χ3n) is 5.63. The minimum Gasteiger partial charge on any atom is -0.493 e. The van der Waals surface area contributed by atoms with Gasteiger partial charge in [-0.3, -0.25) is 14.4 Å². The fraction of sp³-hybridized carbons (Fsp3) is 0.414. The molecule has 0 heterocycles. The summed E-state index contributed by atoms with van der Waals surface area (Å²) in [5, 5.41) is 11.9. The van der Waals surface area contributed by atoms with E-state index in [0.29, 0.717) is 37.3 Å². The molecule has 0 aliphatic carbocycles. The zero-order chi connectivity index (χ0) is 26.2. The van der Waals surface area contributed by atoms with Crippen LogP contribution in [-0.4, -0.2) is 48.5 Å². The zero-order valence-electron chi connectivity index (χ0n) is 21.4. The van der Waals surface area contributed by atoms with Crippen LogP contribution in [0.4, 0.5) is 5.69 Å². The molecule has 0 aliphatic rings. The van der Waals surface area contributed by atoms with Gasteiger partial charge in [0.25, 0.3) is 0 Å². The summed E-state index contributed by atoms with van der Waals surface area (Å²) in [6, 6.07) is 15.5. The zero-order valence-corrected chi connectivity index (χ0v) is 21.4. The van der Waals surface area contributed by atoms with E-state index in [1.165, 1.54) is 10.5 Å². The number of carboxylic acids is 1. The topological polar surface area (TPSA) is 95.9 Å². The van der Waals surface area contributed by atoms with Gasteiger partial charge in [0, 0.05) is 39.0 Å². The second-order valence-electron chi connectivity index (χ2n) is 8.92. The van der Waals surface area contributed by atoms with Gasteiger partial charge in [0.05, 0.1) is 6.61 Å². The summed E-state index contributed by atoms with van der Waals surface area (Å²) in [5.41, 5.74) is 2.55. The Bertz CT molecular complexity index is 1000. The number of unbranched alkanes of at least 4 members (excludes halogenated alkanes) is 3. The van der Waals surface area contributed by atoms with Crippen molar-refractivity contribution >= 4 is 29.5 Å². The van der Waals surface area contributed by atoms with Crippen LogP contribution in [0.15, 0.2) is 54.6 Å². The van der Waals surface area contributed by atoms with Crippen LogP contribution < -0.4 is 10.1 Å². The number of aliphatic carboxylic acids is 1. The van der Waals surface area contributed by atoms with Crippen LogP contribution in [0.2, 0.25) is 0 Å². The van der Waals surface area contributed by atoms with Gasteiger partial charge in [0.1, 0.15) is 5.75 Å². The van der Waals surface area contributed by atoms with E-state index in [9.17, 15) is 14.4 Å². The van der Waals surface area contributed by atoms with Crippen molar-refractivity contribution in [2.75, 3.05) is 26.0 Å². The van der Waals surface area contributed by atoms with Crippen LogP contribution in [0.3, 0.4) is 0 Å². The minimum atomic E-state index is -0.885. The van der Waals surface area contributed by atoms with Crippen molar-refractivity contribution in [1.82, 2.24) is 4.90 Å². The lowest BCUT2D eigenvalue weighted by Gasteiger charge is -2.14. The number of aryl methyl sites for hydroxylation is 1. The lowest BCUT2D eigenvalue weighted by Crippen LogP contribution is -2.21. The van der Waals surface area contributed by atoms with E-state index in [1.807, 2.05) is 18.2 Å². The van der Waals surface area contributed by atoms with Gasteiger partial charge in [-0.15, -0.1) is 0 Å². The number of hydrogen-bond donors (Lipinski definition) is 2. The highest BCUT2D eigenvalue weighted by Gasteiger charge is 2.11. The number of amides is 2. The van der Waals surface area contributed by atoms with Crippen LogP contribution in [0, 0.1) is 0 Å². The third kappa shape index (κ3) is 11.7. The third-order valence-corrected chi connectivity index (χ3v) is 5.63. The van der Waals surface area contributed by atoms with Gasteiger partial charge in [-0.1, -0.05) is 42.5 Å². The quantitative estimate of drug-likeness (QED) is 0.298. The van der Waals surface area contributed by atoms with E-state index in [4.69, 9.17) is 9.84 Å². The Hall–Kier alpha value is -3.61. The van der Waals surface area contributed by atoms with Crippen LogP contribution in [0.25, 0.3) is 6.08 Å². The van der Waals surface area contributed by atoms with E-state index >= 15 is 0 Å². The van der Waals surface area contributed by atoms with Crippen LogP contribution in [0.5, 0.6) is 5.75 Å². The molecule has 2 aromatic carbocycles. The van der Waals surface area contributed by atoms with Crippen LogP contribution in [0.1, 0.15) is 62.5 Å². The van der Waals surface area contributed by atoms with Crippen LogP contribution in [-0.2, 0) is 20.8 Å². The molecule has 36 heavy (non-hydrogen) atoms. The summed E-state index contributed by atoms with van der Waals surface area (Å²) in [5.74, 6) is -0.427.